The quantitative estimate of drug-likeness (QED) is 0.649. The fraction of sp³-hybridized carbons (Fsp3) is 0.214. The summed E-state index contributed by atoms with van der Waals surface area (Å²) in [6, 6.07) is 9.14. The molecule has 5 heteroatoms. The summed E-state index contributed by atoms with van der Waals surface area (Å²) in [5.74, 6) is 1.56. The Morgan fingerprint density at radius 3 is 2.84 bits per heavy atom. The number of nitrogen functional groups attached to an aromatic ring is 1. The normalized spacial score (nSPS) is 10.4. The van der Waals surface area contributed by atoms with E-state index < -0.39 is 0 Å². The SMILES string of the molecule is Cc1occc1SCCC(=O)Nc1ccccc1N. The summed E-state index contributed by atoms with van der Waals surface area (Å²) in [6.07, 6.45) is 2.09. The van der Waals surface area contributed by atoms with Crippen LogP contribution in [0.25, 0.3) is 0 Å². The Balaban J connectivity index is 1.79. The number of para-hydroxylation sites is 2. The van der Waals surface area contributed by atoms with Gasteiger partial charge < -0.3 is 15.5 Å². The third kappa shape index (κ3) is 3.79. The smallest absolute Gasteiger partial charge is 0.225 e. The van der Waals surface area contributed by atoms with E-state index in [0.29, 0.717) is 23.5 Å². The van der Waals surface area contributed by atoms with E-state index in [1.54, 1.807) is 30.2 Å². The van der Waals surface area contributed by atoms with Crippen molar-refractivity contribution in [3.8, 4) is 0 Å². The number of carbonyl (C=O) groups is 1. The van der Waals surface area contributed by atoms with E-state index in [0.717, 1.165) is 10.7 Å². The number of benzene rings is 1. The lowest BCUT2D eigenvalue weighted by Crippen LogP contribution is -2.13. The van der Waals surface area contributed by atoms with Crippen molar-refractivity contribution in [2.75, 3.05) is 16.8 Å². The molecule has 0 saturated carbocycles. The van der Waals surface area contributed by atoms with Gasteiger partial charge in [-0.15, -0.1) is 11.8 Å². The van der Waals surface area contributed by atoms with Crippen molar-refractivity contribution in [3.05, 3.63) is 42.4 Å². The molecule has 0 aliphatic heterocycles. The molecule has 3 N–H and O–H groups in total. The molecule has 0 atom stereocenters. The van der Waals surface area contributed by atoms with Crippen molar-refractivity contribution < 1.29 is 9.21 Å². The second kappa shape index (κ2) is 6.33. The summed E-state index contributed by atoms with van der Waals surface area (Å²) in [7, 11) is 0. The first-order valence-corrected chi connectivity index (χ1v) is 6.96. The monoisotopic (exact) mass is 276 g/mol. The summed E-state index contributed by atoms with van der Waals surface area (Å²) in [5.41, 5.74) is 7.00. The molecule has 1 aromatic carbocycles. The zero-order chi connectivity index (χ0) is 13.7. The maximum absolute atomic E-state index is 11.8. The standard InChI is InChI=1S/C14H16N2O2S/c1-10-13(6-8-18-10)19-9-7-14(17)16-12-5-3-2-4-11(12)15/h2-6,8H,7,9,15H2,1H3,(H,16,17). The first kappa shape index (κ1) is 13.5. The van der Waals surface area contributed by atoms with Crippen LogP contribution < -0.4 is 11.1 Å². The van der Waals surface area contributed by atoms with Crippen molar-refractivity contribution in [2.45, 2.75) is 18.2 Å². The van der Waals surface area contributed by atoms with Crippen LogP contribution in [0.1, 0.15) is 12.2 Å². The molecule has 1 amide bonds. The number of nitrogens with two attached hydrogens (primary N) is 1. The van der Waals surface area contributed by atoms with Crippen LogP contribution in [0.4, 0.5) is 11.4 Å². The molecule has 2 aromatic rings. The van der Waals surface area contributed by atoms with Gasteiger partial charge in [-0.2, -0.15) is 0 Å². The van der Waals surface area contributed by atoms with E-state index in [1.807, 2.05) is 25.1 Å². The highest BCUT2D eigenvalue weighted by atomic mass is 32.2. The Morgan fingerprint density at radius 2 is 2.16 bits per heavy atom. The van der Waals surface area contributed by atoms with E-state index in [1.165, 1.54) is 0 Å². The molecule has 0 fully saturated rings. The predicted octanol–water partition coefficient (Wildman–Crippen LogP) is 3.29. The van der Waals surface area contributed by atoms with Gasteiger partial charge >= 0.3 is 0 Å². The minimum Gasteiger partial charge on any atom is -0.468 e. The van der Waals surface area contributed by atoms with Crippen molar-refractivity contribution in [1.29, 1.82) is 0 Å². The molecule has 0 aliphatic rings. The lowest BCUT2D eigenvalue weighted by atomic mass is 10.2. The molecule has 19 heavy (non-hydrogen) atoms. The molecule has 2 rings (SSSR count). The summed E-state index contributed by atoms with van der Waals surface area (Å²) in [5, 5.41) is 2.80. The van der Waals surface area contributed by atoms with Gasteiger partial charge in [0, 0.05) is 17.1 Å². The number of carbonyl (C=O) groups excluding carboxylic acids is 1. The second-order valence-electron chi connectivity index (χ2n) is 4.07. The van der Waals surface area contributed by atoms with Gasteiger partial charge in [-0.25, -0.2) is 0 Å². The first-order valence-electron chi connectivity index (χ1n) is 5.98. The van der Waals surface area contributed by atoms with Crippen molar-refractivity contribution in [2.24, 2.45) is 0 Å². The summed E-state index contributed by atoms with van der Waals surface area (Å²) < 4.78 is 5.20. The minimum atomic E-state index is -0.0356. The number of furan rings is 1. The Hall–Kier alpha value is -1.88. The van der Waals surface area contributed by atoms with Crippen LogP contribution in [0.3, 0.4) is 0 Å². The van der Waals surface area contributed by atoms with Crippen molar-refractivity contribution in [1.82, 2.24) is 0 Å². The molecule has 4 nitrogen and oxygen atoms in total. The number of hydrogen-bond donors (Lipinski definition) is 2. The predicted molar refractivity (Wildman–Crippen MR) is 78.3 cm³/mol. The summed E-state index contributed by atoms with van der Waals surface area (Å²) in [4.78, 5) is 12.9. The number of anilines is 2. The number of thioether (sulfide) groups is 1. The number of rotatable bonds is 5. The Kier molecular flexibility index (Phi) is 4.52. The van der Waals surface area contributed by atoms with Crippen LogP contribution in [-0.4, -0.2) is 11.7 Å². The number of nitrogens with one attached hydrogen (secondary N) is 1. The topological polar surface area (TPSA) is 68.3 Å². The van der Waals surface area contributed by atoms with Crippen LogP contribution in [-0.2, 0) is 4.79 Å². The molecular formula is C14H16N2O2S. The Morgan fingerprint density at radius 1 is 1.37 bits per heavy atom. The van der Waals surface area contributed by atoms with E-state index in [9.17, 15) is 4.79 Å². The van der Waals surface area contributed by atoms with Gasteiger partial charge in [0.2, 0.25) is 5.91 Å². The third-order valence-corrected chi connectivity index (χ3v) is 3.78. The van der Waals surface area contributed by atoms with Crippen LogP contribution in [0.2, 0.25) is 0 Å². The molecule has 0 aliphatic carbocycles. The number of hydrogen-bond acceptors (Lipinski definition) is 4. The number of amides is 1. The fourth-order valence-electron chi connectivity index (χ4n) is 1.60. The molecule has 1 heterocycles. The average molecular weight is 276 g/mol. The van der Waals surface area contributed by atoms with E-state index >= 15 is 0 Å². The van der Waals surface area contributed by atoms with Crippen LogP contribution >= 0.6 is 11.8 Å². The van der Waals surface area contributed by atoms with Gasteiger partial charge in [-0.3, -0.25) is 4.79 Å². The fourth-order valence-corrected chi connectivity index (χ4v) is 2.51. The number of aryl methyl sites for hydroxylation is 1. The van der Waals surface area contributed by atoms with Crippen LogP contribution in [0.5, 0.6) is 0 Å². The maximum Gasteiger partial charge on any atom is 0.225 e. The first-order chi connectivity index (χ1) is 9.16. The highest BCUT2D eigenvalue weighted by Gasteiger charge is 2.06. The lowest BCUT2D eigenvalue weighted by Gasteiger charge is -2.07. The maximum atomic E-state index is 11.8. The molecule has 100 valence electrons. The zero-order valence-corrected chi connectivity index (χ0v) is 11.5. The Labute approximate surface area is 116 Å². The summed E-state index contributed by atoms with van der Waals surface area (Å²) in [6.45, 7) is 1.91. The molecule has 0 saturated heterocycles. The Bertz CT molecular complexity index is 566. The highest BCUT2D eigenvalue weighted by Crippen LogP contribution is 2.24. The van der Waals surface area contributed by atoms with Crippen LogP contribution in [0.15, 0.2) is 45.9 Å². The minimum absolute atomic E-state index is 0.0356. The van der Waals surface area contributed by atoms with Gasteiger partial charge in [0.05, 0.1) is 17.6 Å². The third-order valence-electron chi connectivity index (χ3n) is 2.63. The van der Waals surface area contributed by atoms with E-state index in [-0.39, 0.29) is 5.91 Å². The van der Waals surface area contributed by atoms with Crippen molar-refractivity contribution in [3.63, 3.8) is 0 Å². The molecular weight excluding hydrogens is 260 g/mol. The van der Waals surface area contributed by atoms with Gasteiger partial charge in [-0.05, 0) is 25.1 Å². The molecule has 0 radical (unpaired) electrons. The van der Waals surface area contributed by atoms with Gasteiger partial charge in [-0.1, -0.05) is 12.1 Å². The molecule has 0 unspecified atom stereocenters. The lowest BCUT2D eigenvalue weighted by molar-refractivity contribution is -0.115. The zero-order valence-electron chi connectivity index (χ0n) is 10.7. The average Bonchev–Trinajstić information content (AvgIpc) is 2.78. The van der Waals surface area contributed by atoms with Gasteiger partial charge in [0.15, 0.2) is 0 Å². The van der Waals surface area contributed by atoms with Crippen LogP contribution in [0, 0.1) is 6.92 Å². The largest absolute Gasteiger partial charge is 0.468 e. The summed E-state index contributed by atoms with van der Waals surface area (Å²) >= 11 is 1.61. The molecule has 0 bridgehead atoms. The van der Waals surface area contributed by atoms with Crippen molar-refractivity contribution >= 4 is 29.0 Å². The highest BCUT2D eigenvalue weighted by molar-refractivity contribution is 7.99. The molecule has 0 spiro atoms. The van der Waals surface area contributed by atoms with E-state index in [2.05, 4.69) is 5.32 Å². The van der Waals surface area contributed by atoms with Gasteiger partial charge in [0.25, 0.3) is 0 Å². The second-order valence-corrected chi connectivity index (χ2v) is 5.21. The van der Waals surface area contributed by atoms with E-state index in [4.69, 9.17) is 10.2 Å². The van der Waals surface area contributed by atoms with Gasteiger partial charge in [0.1, 0.15) is 5.76 Å². The molecule has 1 aromatic heterocycles.